The van der Waals surface area contributed by atoms with Crippen LogP contribution in [0.3, 0.4) is 0 Å². The van der Waals surface area contributed by atoms with Crippen LogP contribution in [0.1, 0.15) is 16.2 Å². The van der Waals surface area contributed by atoms with Gasteiger partial charge < -0.3 is 14.7 Å². The van der Waals surface area contributed by atoms with Crippen LogP contribution in [0, 0.1) is 19.3 Å². The summed E-state index contributed by atoms with van der Waals surface area (Å²) in [6.07, 6.45) is 2.95. The molecule has 0 atom stereocenters. The summed E-state index contributed by atoms with van der Waals surface area (Å²) in [6, 6.07) is 12.8. The molecule has 0 spiro atoms. The third kappa shape index (κ3) is 3.75. The summed E-state index contributed by atoms with van der Waals surface area (Å²) in [4.78, 5) is 28.7. The Morgan fingerprint density at radius 3 is 2.59 bits per heavy atom. The van der Waals surface area contributed by atoms with Crippen LogP contribution in [0.4, 0.5) is 16.0 Å². The van der Waals surface area contributed by atoms with Crippen molar-refractivity contribution >= 4 is 23.2 Å². The molecule has 0 bridgehead atoms. The van der Waals surface area contributed by atoms with E-state index in [-0.39, 0.29) is 11.6 Å². The van der Waals surface area contributed by atoms with Crippen molar-refractivity contribution in [2.24, 2.45) is 7.05 Å². The summed E-state index contributed by atoms with van der Waals surface area (Å²) in [7, 11) is 1.89. The molecule has 1 aromatic carbocycles. The number of aromatic nitrogens is 6. The quantitative estimate of drug-likeness (QED) is 0.407. The number of nitrogens with one attached hydrogen (secondary N) is 1. The van der Waals surface area contributed by atoms with Crippen LogP contribution in [0.5, 0.6) is 0 Å². The average molecular weight is 452 g/mol. The zero-order chi connectivity index (χ0) is 23.8. The van der Waals surface area contributed by atoms with E-state index < -0.39 is 5.91 Å². The SMILES string of the molecule is [C-]#[N+]c1ccc(C(=O)Nc2cn3nc(-c4c(-c5ccc(F)cc5)nc(C)n4C)ccc3n2)cn1. The molecule has 9 nitrogen and oxygen atoms in total. The minimum Gasteiger partial charge on any atom is -0.361 e. The summed E-state index contributed by atoms with van der Waals surface area (Å²) in [5.41, 5.74) is 3.74. The first-order valence-corrected chi connectivity index (χ1v) is 10.2. The van der Waals surface area contributed by atoms with Gasteiger partial charge in [0.05, 0.1) is 23.1 Å². The number of carbonyl (C=O) groups is 1. The van der Waals surface area contributed by atoms with Crippen molar-refractivity contribution in [3.8, 4) is 22.6 Å². The summed E-state index contributed by atoms with van der Waals surface area (Å²) in [6.45, 7) is 8.84. The van der Waals surface area contributed by atoms with Gasteiger partial charge in [0.15, 0.2) is 11.5 Å². The predicted molar refractivity (Wildman–Crippen MR) is 124 cm³/mol. The van der Waals surface area contributed by atoms with E-state index in [1.807, 2.05) is 24.6 Å². The highest BCUT2D eigenvalue weighted by atomic mass is 19.1. The molecule has 0 fully saturated rings. The summed E-state index contributed by atoms with van der Waals surface area (Å²) in [5, 5.41) is 7.39. The molecular weight excluding hydrogens is 435 g/mol. The van der Waals surface area contributed by atoms with E-state index in [0.29, 0.717) is 28.4 Å². The molecule has 0 aliphatic heterocycles. The lowest BCUT2D eigenvalue weighted by Gasteiger charge is -2.07. The molecule has 166 valence electrons. The molecule has 5 aromatic rings. The third-order valence-electron chi connectivity index (χ3n) is 5.37. The van der Waals surface area contributed by atoms with Crippen LogP contribution in [-0.4, -0.2) is 35.0 Å². The Labute approximate surface area is 193 Å². The van der Waals surface area contributed by atoms with E-state index >= 15 is 0 Å². The second-order valence-corrected chi connectivity index (χ2v) is 7.54. The van der Waals surface area contributed by atoms with Crippen LogP contribution in [-0.2, 0) is 7.05 Å². The van der Waals surface area contributed by atoms with E-state index in [1.165, 1.54) is 30.5 Å². The van der Waals surface area contributed by atoms with Crippen LogP contribution >= 0.6 is 0 Å². The fourth-order valence-corrected chi connectivity index (χ4v) is 3.56. The first-order chi connectivity index (χ1) is 16.4. The van der Waals surface area contributed by atoms with Gasteiger partial charge >= 0.3 is 0 Å². The third-order valence-corrected chi connectivity index (χ3v) is 5.37. The maximum absolute atomic E-state index is 13.4. The van der Waals surface area contributed by atoms with Gasteiger partial charge in [-0.2, -0.15) is 5.10 Å². The summed E-state index contributed by atoms with van der Waals surface area (Å²) >= 11 is 0. The van der Waals surface area contributed by atoms with E-state index in [2.05, 4.69) is 30.2 Å². The molecule has 0 aliphatic rings. The van der Waals surface area contributed by atoms with Gasteiger partial charge in [0, 0.05) is 12.6 Å². The van der Waals surface area contributed by atoms with Gasteiger partial charge in [-0.15, -0.1) is 4.98 Å². The van der Waals surface area contributed by atoms with Crippen molar-refractivity contribution in [3.05, 3.63) is 89.5 Å². The Hall–Kier alpha value is -4.91. The van der Waals surface area contributed by atoms with Crippen LogP contribution in [0.2, 0.25) is 0 Å². The van der Waals surface area contributed by atoms with Crippen molar-refractivity contribution in [3.63, 3.8) is 0 Å². The van der Waals surface area contributed by atoms with E-state index in [1.54, 1.807) is 28.9 Å². The van der Waals surface area contributed by atoms with Gasteiger partial charge in [0.25, 0.3) is 11.7 Å². The molecule has 0 saturated carbocycles. The van der Waals surface area contributed by atoms with Crippen molar-refractivity contribution < 1.29 is 9.18 Å². The molecule has 34 heavy (non-hydrogen) atoms. The standard InChI is InChI=1S/C24H17FN8O/c1-14-28-22(15-4-7-17(25)8-5-15)23(32(14)3)18-9-11-21-29-20(13-33(21)31-18)30-24(34)16-6-10-19(26-2)27-12-16/h4-13H,1,3H3,(H,30,34). The number of halogens is 1. The van der Waals surface area contributed by atoms with Gasteiger partial charge in [-0.05, 0) is 49.4 Å². The second-order valence-electron chi connectivity index (χ2n) is 7.54. The van der Waals surface area contributed by atoms with Gasteiger partial charge in [0.1, 0.15) is 23.5 Å². The molecular formula is C24H17FN8O. The highest BCUT2D eigenvalue weighted by Gasteiger charge is 2.19. The number of fused-ring (bicyclic) bond motifs is 1. The Morgan fingerprint density at radius 2 is 1.88 bits per heavy atom. The number of anilines is 1. The molecule has 1 N–H and O–H groups in total. The number of hydrogen-bond acceptors (Lipinski definition) is 5. The molecule has 0 unspecified atom stereocenters. The Morgan fingerprint density at radius 1 is 1.09 bits per heavy atom. The number of rotatable bonds is 4. The molecule has 4 aromatic heterocycles. The first kappa shape index (κ1) is 21.0. The topological polar surface area (TPSA) is 94.4 Å². The van der Waals surface area contributed by atoms with E-state index in [0.717, 1.165) is 17.1 Å². The van der Waals surface area contributed by atoms with Gasteiger partial charge in [-0.1, -0.05) is 12.6 Å². The maximum atomic E-state index is 13.4. The largest absolute Gasteiger partial charge is 0.361 e. The number of imidazole rings is 2. The fraction of sp³-hybridized carbons (Fsp3) is 0.0833. The highest BCUT2D eigenvalue weighted by Crippen LogP contribution is 2.31. The molecule has 0 aliphatic carbocycles. The summed E-state index contributed by atoms with van der Waals surface area (Å²) in [5.74, 6) is 0.611. The lowest BCUT2D eigenvalue weighted by atomic mass is 10.1. The Kier molecular flexibility index (Phi) is 5.07. The zero-order valence-electron chi connectivity index (χ0n) is 18.2. The van der Waals surface area contributed by atoms with Crippen LogP contribution in [0.15, 0.2) is 60.9 Å². The lowest BCUT2D eigenvalue weighted by Crippen LogP contribution is -2.12. The smallest absolute Gasteiger partial charge is 0.269 e. The average Bonchev–Trinajstić information content (AvgIpc) is 3.38. The van der Waals surface area contributed by atoms with Crippen molar-refractivity contribution in [2.75, 3.05) is 5.32 Å². The maximum Gasteiger partial charge on any atom is 0.269 e. The summed E-state index contributed by atoms with van der Waals surface area (Å²) < 4.78 is 16.9. The zero-order valence-corrected chi connectivity index (χ0v) is 18.2. The number of carbonyl (C=O) groups excluding carboxylic acids is 1. The van der Waals surface area contributed by atoms with Crippen molar-refractivity contribution in [1.82, 2.24) is 29.1 Å². The van der Waals surface area contributed by atoms with Crippen LogP contribution in [0.25, 0.3) is 33.1 Å². The minimum atomic E-state index is -0.395. The predicted octanol–water partition coefficient (Wildman–Crippen LogP) is 4.44. The Bertz CT molecular complexity index is 1580. The molecule has 1 amide bonds. The molecule has 0 radical (unpaired) electrons. The monoisotopic (exact) mass is 452 g/mol. The van der Waals surface area contributed by atoms with Crippen molar-refractivity contribution in [2.45, 2.75) is 6.92 Å². The number of hydrogen-bond donors (Lipinski definition) is 1. The molecule has 10 heteroatoms. The second kappa shape index (κ2) is 8.22. The number of nitrogens with zero attached hydrogens (tertiary/aromatic N) is 7. The van der Waals surface area contributed by atoms with Crippen molar-refractivity contribution in [1.29, 1.82) is 0 Å². The number of amides is 1. The number of pyridine rings is 1. The normalized spacial score (nSPS) is 10.9. The number of benzene rings is 1. The molecule has 4 heterocycles. The molecule has 0 saturated heterocycles. The van der Waals surface area contributed by atoms with E-state index in [9.17, 15) is 9.18 Å². The lowest BCUT2D eigenvalue weighted by molar-refractivity contribution is 0.102. The minimum absolute atomic E-state index is 0.214. The fourth-order valence-electron chi connectivity index (χ4n) is 3.56. The molecule has 5 rings (SSSR count). The number of aryl methyl sites for hydroxylation is 1. The van der Waals surface area contributed by atoms with Crippen LogP contribution < -0.4 is 5.32 Å². The Balaban J connectivity index is 1.48. The van der Waals surface area contributed by atoms with E-state index in [4.69, 9.17) is 6.57 Å². The van der Waals surface area contributed by atoms with Gasteiger partial charge in [-0.25, -0.2) is 18.9 Å². The van der Waals surface area contributed by atoms with Gasteiger partial charge in [0.2, 0.25) is 0 Å². The first-order valence-electron chi connectivity index (χ1n) is 10.2. The van der Waals surface area contributed by atoms with Gasteiger partial charge in [-0.3, -0.25) is 4.79 Å². The highest BCUT2D eigenvalue weighted by molar-refractivity contribution is 6.03.